The maximum atomic E-state index is 10.8. The van der Waals surface area contributed by atoms with Crippen LogP contribution in [0, 0.1) is 11.3 Å². The van der Waals surface area contributed by atoms with Gasteiger partial charge in [-0.15, -0.1) is 6.58 Å². The molecule has 1 unspecified atom stereocenters. The average molecular weight is 184 g/mol. The summed E-state index contributed by atoms with van der Waals surface area (Å²) in [7, 11) is 0. The van der Waals surface area contributed by atoms with E-state index in [1.807, 2.05) is 0 Å². The Morgan fingerprint density at radius 3 is 2.38 bits per heavy atom. The molecule has 2 nitrogen and oxygen atoms in total. The lowest BCUT2D eigenvalue weighted by Gasteiger charge is -2.22. The van der Waals surface area contributed by atoms with Crippen LogP contribution in [0.5, 0.6) is 0 Å². The normalized spacial score (nSPS) is 13.8. The van der Waals surface area contributed by atoms with Crippen molar-refractivity contribution in [3.05, 3.63) is 12.7 Å². The van der Waals surface area contributed by atoms with Gasteiger partial charge in [-0.25, -0.2) is 0 Å². The molecule has 0 aliphatic rings. The summed E-state index contributed by atoms with van der Waals surface area (Å²) in [5, 5.41) is 8.93. The molecule has 13 heavy (non-hydrogen) atoms. The molecule has 0 amide bonds. The van der Waals surface area contributed by atoms with Crippen LogP contribution in [-0.4, -0.2) is 11.1 Å². The lowest BCUT2D eigenvalue weighted by Crippen LogP contribution is -2.20. The van der Waals surface area contributed by atoms with E-state index in [1.54, 1.807) is 6.08 Å². The van der Waals surface area contributed by atoms with Gasteiger partial charge >= 0.3 is 5.97 Å². The zero-order valence-electron chi connectivity index (χ0n) is 8.84. The highest BCUT2D eigenvalue weighted by atomic mass is 16.4. The molecule has 0 bridgehead atoms. The van der Waals surface area contributed by atoms with Gasteiger partial charge in [0.25, 0.3) is 0 Å². The number of allylic oxidation sites excluding steroid dienone is 1. The Labute approximate surface area is 80.7 Å². The Kier molecular flexibility index (Phi) is 4.74. The van der Waals surface area contributed by atoms with Crippen molar-refractivity contribution < 1.29 is 9.90 Å². The van der Waals surface area contributed by atoms with E-state index in [9.17, 15) is 4.79 Å². The molecule has 0 fully saturated rings. The van der Waals surface area contributed by atoms with E-state index in [2.05, 4.69) is 27.4 Å². The van der Waals surface area contributed by atoms with Crippen molar-refractivity contribution in [1.82, 2.24) is 0 Å². The Morgan fingerprint density at radius 1 is 1.54 bits per heavy atom. The predicted octanol–water partition coefficient (Wildman–Crippen LogP) is 3.09. The van der Waals surface area contributed by atoms with Crippen molar-refractivity contribution in [3.8, 4) is 0 Å². The van der Waals surface area contributed by atoms with Crippen LogP contribution in [0.3, 0.4) is 0 Å². The zero-order chi connectivity index (χ0) is 10.5. The fourth-order valence-corrected chi connectivity index (χ4v) is 1.37. The second-order valence-electron chi connectivity index (χ2n) is 4.67. The first-order valence-electron chi connectivity index (χ1n) is 4.70. The zero-order valence-corrected chi connectivity index (χ0v) is 8.84. The van der Waals surface area contributed by atoms with Gasteiger partial charge < -0.3 is 5.11 Å². The van der Waals surface area contributed by atoms with Crippen molar-refractivity contribution in [2.75, 3.05) is 0 Å². The number of carboxylic acid groups (broad SMARTS) is 1. The largest absolute Gasteiger partial charge is 0.481 e. The SMILES string of the molecule is C=CCCC(CC(C)(C)C)C(=O)O. The summed E-state index contributed by atoms with van der Waals surface area (Å²) in [5.41, 5.74) is 0.0875. The summed E-state index contributed by atoms with van der Waals surface area (Å²) in [4.78, 5) is 10.8. The van der Waals surface area contributed by atoms with Crippen LogP contribution in [0.1, 0.15) is 40.0 Å². The summed E-state index contributed by atoms with van der Waals surface area (Å²) >= 11 is 0. The van der Waals surface area contributed by atoms with Crippen molar-refractivity contribution in [2.45, 2.75) is 40.0 Å². The van der Waals surface area contributed by atoms with Crippen LogP contribution in [0.15, 0.2) is 12.7 Å². The smallest absolute Gasteiger partial charge is 0.306 e. The first-order valence-corrected chi connectivity index (χ1v) is 4.70. The van der Waals surface area contributed by atoms with Crippen molar-refractivity contribution in [1.29, 1.82) is 0 Å². The minimum absolute atomic E-state index is 0.0875. The van der Waals surface area contributed by atoms with Gasteiger partial charge in [0.05, 0.1) is 5.92 Å². The van der Waals surface area contributed by atoms with E-state index >= 15 is 0 Å². The molecule has 0 saturated carbocycles. The first-order chi connectivity index (χ1) is 5.87. The molecule has 0 aromatic carbocycles. The molecule has 2 heteroatoms. The van der Waals surface area contributed by atoms with Crippen molar-refractivity contribution in [2.24, 2.45) is 11.3 Å². The Hall–Kier alpha value is -0.790. The molecule has 0 spiro atoms. The molecule has 0 rings (SSSR count). The second-order valence-corrected chi connectivity index (χ2v) is 4.67. The van der Waals surface area contributed by atoms with E-state index in [1.165, 1.54) is 0 Å². The Morgan fingerprint density at radius 2 is 2.08 bits per heavy atom. The van der Waals surface area contributed by atoms with E-state index < -0.39 is 5.97 Å². The van der Waals surface area contributed by atoms with Gasteiger partial charge in [0.1, 0.15) is 0 Å². The molecule has 0 aromatic heterocycles. The second kappa shape index (κ2) is 5.05. The van der Waals surface area contributed by atoms with Crippen LogP contribution in [0.4, 0.5) is 0 Å². The van der Waals surface area contributed by atoms with Gasteiger partial charge in [0.15, 0.2) is 0 Å². The van der Waals surface area contributed by atoms with E-state index in [-0.39, 0.29) is 11.3 Å². The third kappa shape index (κ3) is 6.38. The molecule has 76 valence electrons. The number of hydrogen-bond donors (Lipinski definition) is 1. The molecule has 0 saturated heterocycles. The topological polar surface area (TPSA) is 37.3 Å². The molecular weight excluding hydrogens is 164 g/mol. The molecular formula is C11H20O2. The van der Waals surface area contributed by atoms with E-state index in [4.69, 9.17) is 5.11 Å². The highest BCUT2D eigenvalue weighted by Gasteiger charge is 2.23. The number of rotatable bonds is 5. The third-order valence-electron chi connectivity index (χ3n) is 1.93. The average Bonchev–Trinajstić information content (AvgIpc) is 1.95. The number of aliphatic carboxylic acids is 1. The fourth-order valence-electron chi connectivity index (χ4n) is 1.37. The highest BCUT2D eigenvalue weighted by Crippen LogP contribution is 2.27. The van der Waals surface area contributed by atoms with Crippen LogP contribution in [0.25, 0.3) is 0 Å². The molecule has 0 aromatic rings. The van der Waals surface area contributed by atoms with Gasteiger partial charge in [-0.3, -0.25) is 4.79 Å². The summed E-state index contributed by atoms with van der Waals surface area (Å²) < 4.78 is 0. The van der Waals surface area contributed by atoms with Gasteiger partial charge in [-0.1, -0.05) is 26.8 Å². The molecule has 1 N–H and O–H groups in total. The standard InChI is InChI=1S/C11H20O2/c1-5-6-7-9(10(12)13)8-11(2,3)4/h5,9H,1,6-8H2,2-4H3,(H,12,13). The quantitative estimate of drug-likeness (QED) is 0.667. The summed E-state index contributed by atoms with van der Waals surface area (Å²) in [6, 6.07) is 0. The Bertz CT molecular complexity index is 177. The van der Waals surface area contributed by atoms with E-state index in [0.29, 0.717) is 6.42 Å². The van der Waals surface area contributed by atoms with Gasteiger partial charge in [0.2, 0.25) is 0 Å². The highest BCUT2D eigenvalue weighted by molar-refractivity contribution is 5.69. The number of hydrogen-bond acceptors (Lipinski definition) is 1. The van der Waals surface area contributed by atoms with Gasteiger partial charge in [0, 0.05) is 0 Å². The molecule has 0 aliphatic heterocycles. The first kappa shape index (κ1) is 12.2. The van der Waals surface area contributed by atoms with Crippen LogP contribution in [0.2, 0.25) is 0 Å². The van der Waals surface area contributed by atoms with Gasteiger partial charge in [-0.05, 0) is 24.7 Å². The van der Waals surface area contributed by atoms with Gasteiger partial charge in [-0.2, -0.15) is 0 Å². The minimum Gasteiger partial charge on any atom is -0.481 e. The van der Waals surface area contributed by atoms with Crippen LogP contribution >= 0.6 is 0 Å². The number of carbonyl (C=O) groups is 1. The molecule has 0 radical (unpaired) electrons. The maximum absolute atomic E-state index is 10.8. The minimum atomic E-state index is -0.684. The van der Waals surface area contributed by atoms with Crippen LogP contribution in [-0.2, 0) is 4.79 Å². The molecule has 0 heterocycles. The number of carboxylic acids is 1. The monoisotopic (exact) mass is 184 g/mol. The fraction of sp³-hybridized carbons (Fsp3) is 0.727. The summed E-state index contributed by atoms with van der Waals surface area (Å²) in [5.74, 6) is -0.908. The lowest BCUT2D eigenvalue weighted by atomic mass is 9.83. The summed E-state index contributed by atoms with van der Waals surface area (Å²) in [6.07, 6.45) is 4.00. The summed E-state index contributed by atoms with van der Waals surface area (Å²) in [6.45, 7) is 9.79. The van der Waals surface area contributed by atoms with E-state index in [0.717, 1.165) is 12.8 Å². The maximum Gasteiger partial charge on any atom is 0.306 e. The van der Waals surface area contributed by atoms with Crippen LogP contribution < -0.4 is 0 Å². The van der Waals surface area contributed by atoms with Crippen molar-refractivity contribution >= 4 is 5.97 Å². The third-order valence-corrected chi connectivity index (χ3v) is 1.93. The molecule has 1 atom stereocenters. The molecule has 0 aliphatic carbocycles. The predicted molar refractivity (Wildman–Crippen MR) is 54.6 cm³/mol. The van der Waals surface area contributed by atoms with Crippen molar-refractivity contribution in [3.63, 3.8) is 0 Å². The lowest BCUT2D eigenvalue weighted by molar-refractivity contribution is -0.143. The Balaban J connectivity index is 4.10.